The molecule has 0 N–H and O–H groups in total. The van der Waals surface area contributed by atoms with Crippen LogP contribution in [0.5, 0.6) is 0 Å². The van der Waals surface area contributed by atoms with E-state index in [0.29, 0.717) is 18.6 Å². The largest absolute Gasteiger partial charge is 0.373 e. The minimum absolute atomic E-state index is 0.198. The van der Waals surface area contributed by atoms with Gasteiger partial charge < -0.3 is 9.64 Å². The molecule has 1 fully saturated rings. The van der Waals surface area contributed by atoms with E-state index in [1.54, 1.807) is 0 Å². The normalized spacial score (nSPS) is 22.1. The molecular formula is C22H28FNO. The number of rotatable bonds is 6. The van der Waals surface area contributed by atoms with Crippen molar-refractivity contribution in [3.63, 3.8) is 0 Å². The fourth-order valence-corrected chi connectivity index (χ4v) is 4.06. The molecule has 1 aliphatic rings. The molecule has 2 aromatic carbocycles. The standard InChI is InChI=1S/C22H28FNO/c1-24(2)22(18-8-4-3-5-9-18)20-10-6-7-11-21(20)25-16-17-12-14-19(23)15-13-17/h3-5,8-9,12-15,20-22H,6-7,10-11,16H2,1-2H3. The van der Waals surface area contributed by atoms with Crippen LogP contribution in [0.15, 0.2) is 54.6 Å². The van der Waals surface area contributed by atoms with Gasteiger partial charge in [0.2, 0.25) is 0 Å². The molecule has 0 heterocycles. The zero-order valence-corrected chi connectivity index (χ0v) is 15.2. The summed E-state index contributed by atoms with van der Waals surface area (Å²) in [5.74, 6) is 0.280. The van der Waals surface area contributed by atoms with Crippen LogP contribution in [-0.4, -0.2) is 25.1 Å². The van der Waals surface area contributed by atoms with Gasteiger partial charge >= 0.3 is 0 Å². The van der Waals surface area contributed by atoms with Gasteiger partial charge in [0, 0.05) is 12.0 Å². The lowest BCUT2D eigenvalue weighted by Gasteiger charge is -2.40. The molecule has 3 atom stereocenters. The van der Waals surface area contributed by atoms with E-state index in [9.17, 15) is 4.39 Å². The van der Waals surface area contributed by atoms with Gasteiger partial charge in [0.1, 0.15) is 5.82 Å². The van der Waals surface area contributed by atoms with Gasteiger partial charge in [0.25, 0.3) is 0 Å². The average Bonchev–Trinajstić information content (AvgIpc) is 2.63. The van der Waals surface area contributed by atoms with E-state index in [1.807, 2.05) is 12.1 Å². The van der Waals surface area contributed by atoms with Gasteiger partial charge in [-0.25, -0.2) is 4.39 Å². The Balaban J connectivity index is 1.73. The maximum absolute atomic E-state index is 13.1. The summed E-state index contributed by atoms with van der Waals surface area (Å²) < 4.78 is 19.4. The fourth-order valence-electron chi connectivity index (χ4n) is 4.06. The van der Waals surface area contributed by atoms with Gasteiger partial charge in [0.05, 0.1) is 12.7 Å². The summed E-state index contributed by atoms with van der Waals surface area (Å²) >= 11 is 0. The van der Waals surface area contributed by atoms with Crippen molar-refractivity contribution in [1.82, 2.24) is 4.90 Å². The molecule has 0 amide bonds. The lowest BCUT2D eigenvalue weighted by atomic mass is 9.78. The molecule has 0 saturated heterocycles. The smallest absolute Gasteiger partial charge is 0.123 e. The van der Waals surface area contributed by atoms with E-state index in [4.69, 9.17) is 4.74 Å². The van der Waals surface area contributed by atoms with E-state index in [1.165, 1.54) is 37.0 Å². The second-order valence-corrected chi connectivity index (χ2v) is 7.24. The number of nitrogens with zero attached hydrogens (tertiary/aromatic N) is 1. The molecule has 2 nitrogen and oxygen atoms in total. The summed E-state index contributed by atoms with van der Waals surface area (Å²) in [4.78, 5) is 2.32. The molecule has 25 heavy (non-hydrogen) atoms. The minimum atomic E-state index is -0.198. The number of hydrogen-bond acceptors (Lipinski definition) is 2. The van der Waals surface area contributed by atoms with E-state index in [-0.39, 0.29) is 11.9 Å². The first-order chi connectivity index (χ1) is 12.1. The summed E-state index contributed by atoms with van der Waals surface area (Å²) in [7, 11) is 4.31. The third-order valence-corrected chi connectivity index (χ3v) is 5.23. The molecule has 0 radical (unpaired) electrons. The van der Waals surface area contributed by atoms with Crippen LogP contribution in [0.1, 0.15) is 42.9 Å². The van der Waals surface area contributed by atoms with E-state index in [2.05, 4.69) is 49.3 Å². The maximum Gasteiger partial charge on any atom is 0.123 e. The fraction of sp³-hybridized carbons (Fsp3) is 0.455. The minimum Gasteiger partial charge on any atom is -0.373 e. The van der Waals surface area contributed by atoms with Crippen molar-refractivity contribution in [3.8, 4) is 0 Å². The Hall–Kier alpha value is -1.71. The van der Waals surface area contributed by atoms with Gasteiger partial charge in [0.15, 0.2) is 0 Å². The number of halogens is 1. The molecule has 1 saturated carbocycles. The van der Waals surface area contributed by atoms with E-state index >= 15 is 0 Å². The van der Waals surface area contributed by atoms with Crippen molar-refractivity contribution >= 4 is 0 Å². The van der Waals surface area contributed by atoms with Gasteiger partial charge in [-0.3, -0.25) is 0 Å². The lowest BCUT2D eigenvalue weighted by Crippen LogP contribution is -2.38. The summed E-state index contributed by atoms with van der Waals surface area (Å²) in [5.41, 5.74) is 2.39. The van der Waals surface area contributed by atoms with Crippen molar-refractivity contribution < 1.29 is 9.13 Å². The average molecular weight is 341 g/mol. The Morgan fingerprint density at radius 1 is 1.00 bits per heavy atom. The molecule has 3 heteroatoms. The first-order valence-electron chi connectivity index (χ1n) is 9.22. The molecule has 0 aromatic heterocycles. The van der Waals surface area contributed by atoms with E-state index < -0.39 is 0 Å². The van der Waals surface area contributed by atoms with Crippen LogP contribution >= 0.6 is 0 Å². The Morgan fingerprint density at radius 3 is 2.36 bits per heavy atom. The highest BCUT2D eigenvalue weighted by atomic mass is 19.1. The van der Waals surface area contributed by atoms with Gasteiger partial charge in [-0.05, 0) is 50.2 Å². The number of hydrogen-bond donors (Lipinski definition) is 0. The molecule has 134 valence electrons. The number of ether oxygens (including phenoxy) is 1. The first kappa shape index (κ1) is 18.1. The van der Waals surface area contributed by atoms with Gasteiger partial charge in [-0.15, -0.1) is 0 Å². The van der Waals surface area contributed by atoms with Crippen LogP contribution in [0.4, 0.5) is 4.39 Å². The van der Waals surface area contributed by atoms with Crippen LogP contribution in [0.25, 0.3) is 0 Å². The summed E-state index contributed by atoms with van der Waals surface area (Å²) in [6.45, 7) is 0.552. The second-order valence-electron chi connectivity index (χ2n) is 7.24. The molecule has 0 spiro atoms. The molecule has 0 bridgehead atoms. The van der Waals surface area contributed by atoms with E-state index in [0.717, 1.165) is 12.0 Å². The van der Waals surface area contributed by atoms with Gasteiger partial charge in [-0.1, -0.05) is 55.3 Å². The Morgan fingerprint density at radius 2 is 1.68 bits per heavy atom. The molecular weight excluding hydrogens is 313 g/mol. The number of benzene rings is 2. The monoisotopic (exact) mass is 341 g/mol. The van der Waals surface area contributed by atoms with Crippen LogP contribution in [0.2, 0.25) is 0 Å². The molecule has 1 aliphatic carbocycles. The van der Waals surface area contributed by atoms with Crippen molar-refractivity contribution in [2.75, 3.05) is 14.1 Å². The Labute approximate surface area is 150 Å². The van der Waals surface area contributed by atoms with Crippen molar-refractivity contribution in [2.24, 2.45) is 5.92 Å². The third-order valence-electron chi connectivity index (χ3n) is 5.23. The van der Waals surface area contributed by atoms with Gasteiger partial charge in [-0.2, -0.15) is 0 Å². The first-order valence-corrected chi connectivity index (χ1v) is 9.22. The second kappa shape index (κ2) is 8.59. The van der Waals surface area contributed by atoms with Crippen LogP contribution < -0.4 is 0 Å². The predicted molar refractivity (Wildman–Crippen MR) is 99.8 cm³/mol. The zero-order chi connectivity index (χ0) is 17.6. The lowest BCUT2D eigenvalue weighted by molar-refractivity contribution is -0.0464. The molecule has 0 aliphatic heterocycles. The SMILES string of the molecule is CN(C)C(c1ccccc1)C1CCCCC1OCc1ccc(F)cc1. The quantitative estimate of drug-likeness (QED) is 0.716. The van der Waals surface area contributed by atoms with Crippen molar-refractivity contribution in [3.05, 3.63) is 71.5 Å². The summed E-state index contributed by atoms with van der Waals surface area (Å²) in [5, 5.41) is 0. The maximum atomic E-state index is 13.1. The summed E-state index contributed by atoms with van der Waals surface area (Å²) in [6.07, 6.45) is 5.01. The van der Waals surface area contributed by atoms with Crippen molar-refractivity contribution in [1.29, 1.82) is 0 Å². The van der Waals surface area contributed by atoms with Crippen LogP contribution in [0, 0.1) is 11.7 Å². The molecule has 3 unspecified atom stereocenters. The highest BCUT2D eigenvalue weighted by Crippen LogP contribution is 2.39. The highest BCUT2D eigenvalue weighted by Gasteiger charge is 2.34. The zero-order valence-electron chi connectivity index (χ0n) is 15.2. The van der Waals surface area contributed by atoms with Crippen molar-refractivity contribution in [2.45, 2.75) is 44.4 Å². The molecule has 3 rings (SSSR count). The predicted octanol–water partition coefficient (Wildman–Crippen LogP) is 5.20. The highest BCUT2D eigenvalue weighted by molar-refractivity contribution is 5.20. The third kappa shape index (κ3) is 4.68. The van der Waals surface area contributed by atoms with Crippen LogP contribution in [0.3, 0.4) is 0 Å². The topological polar surface area (TPSA) is 12.5 Å². The van der Waals surface area contributed by atoms with Crippen LogP contribution in [-0.2, 0) is 11.3 Å². The summed E-state index contributed by atoms with van der Waals surface area (Å²) in [6, 6.07) is 17.7. The Bertz CT molecular complexity index is 641. The molecule has 2 aromatic rings. The Kier molecular flexibility index (Phi) is 6.22.